The Bertz CT molecular complexity index is 956. The molecule has 1 amide bonds. The van der Waals surface area contributed by atoms with E-state index in [0.717, 1.165) is 17.3 Å². The fraction of sp³-hybridized carbons (Fsp3) is 0.480. The minimum absolute atomic E-state index is 0.0544. The maximum Gasteiger partial charge on any atom is 0.416 e. The van der Waals surface area contributed by atoms with Crippen molar-refractivity contribution in [3.8, 4) is 0 Å². The Morgan fingerprint density at radius 1 is 1.09 bits per heavy atom. The molecule has 8 heteroatoms. The summed E-state index contributed by atoms with van der Waals surface area (Å²) < 4.78 is 40.0. The SMILES string of the molecule is CC(C)C[C@H](N)c1cc(C(F)(F)F)ccc1N1CCN(C(=O)CCc2ccccc2Cl)CC1. The molecule has 0 bridgehead atoms. The van der Waals surface area contributed by atoms with Gasteiger partial charge >= 0.3 is 6.18 Å². The third-order valence-electron chi connectivity index (χ3n) is 6.02. The number of hydrogen-bond donors (Lipinski definition) is 1. The van der Waals surface area contributed by atoms with Crippen LogP contribution in [0.3, 0.4) is 0 Å². The average Bonchev–Trinajstić information content (AvgIpc) is 2.77. The van der Waals surface area contributed by atoms with Crippen LogP contribution in [0.4, 0.5) is 18.9 Å². The molecule has 1 atom stereocenters. The average molecular weight is 482 g/mol. The van der Waals surface area contributed by atoms with Gasteiger partial charge in [0, 0.05) is 49.4 Å². The molecule has 3 rings (SSSR count). The fourth-order valence-corrected chi connectivity index (χ4v) is 4.48. The van der Waals surface area contributed by atoms with Crippen LogP contribution in [0.2, 0.25) is 5.02 Å². The third-order valence-corrected chi connectivity index (χ3v) is 6.39. The van der Waals surface area contributed by atoms with Crippen LogP contribution in [-0.2, 0) is 17.4 Å². The molecule has 180 valence electrons. The number of halogens is 4. The number of piperazine rings is 1. The van der Waals surface area contributed by atoms with E-state index in [1.807, 2.05) is 47.9 Å². The van der Waals surface area contributed by atoms with Crippen molar-refractivity contribution in [2.75, 3.05) is 31.1 Å². The number of carbonyl (C=O) groups excluding carboxylic acids is 1. The molecule has 4 nitrogen and oxygen atoms in total. The maximum absolute atomic E-state index is 13.3. The van der Waals surface area contributed by atoms with Crippen LogP contribution in [0.1, 0.15) is 49.4 Å². The maximum atomic E-state index is 13.3. The van der Waals surface area contributed by atoms with Gasteiger partial charge in [-0.05, 0) is 54.2 Å². The smallest absolute Gasteiger partial charge is 0.368 e. The van der Waals surface area contributed by atoms with Gasteiger partial charge in [-0.25, -0.2) is 0 Å². The lowest BCUT2D eigenvalue weighted by Gasteiger charge is -2.38. The summed E-state index contributed by atoms with van der Waals surface area (Å²) in [5.41, 5.74) is 7.82. The Hall–Kier alpha value is -2.25. The topological polar surface area (TPSA) is 49.6 Å². The van der Waals surface area contributed by atoms with Gasteiger partial charge in [-0.1, -0.05) is 43.6 Å². The second kappa shape index (κ2) is 10.8. The van der Waals surface area contributed by atoms with E-state index in [4.69, 9.17) is 17.3 Å². The fourth-order valence-electron chi connectivity index (χ4n) is 4.25. The van der Waals surface area contributed by atoms with Crippen LogP contribution in [0.5, 0.6) is 0 Å². The van der Waals surface area contributed by atoms with Gasteiger partial charge in [-0.15, -0.1) is 0 Å². The first kappa shape index (κ1) is 25.4. The first-order valence-corrected chi connectivity index (χ1v) is 11.7. The summed E-state index contributed by atoms with van der Waals surface area (Å²) in [6.07, 6.45) is -2.88. The van der Waals surface area contributed by atoms with Crippen LogP contribution in [0.15, 0.2) is 42.5 Å². The lowest BCUT2D eigenvalue weighted by Crippen LogP contribution is -2.49. The van der Waals surface area contributed by atoms with Crippen molar-refractivity contribution in [3.05, 3.63) is 64.2 Å². The van der Waals surface area contributed by atoms with E-state index in [9.17, 15) is 18.0 Å². The number of alkyl halides is 3. The van der Waals surface area contributed by atoms with Gasteiger partial charge in [0.15, 0.2) is 0 Å². The van der Waals surface area contributed by atoms with Crippen LogP contribution in [0.25, 0.3) is 0 Å². The highest BCUT2D eigenvalue weighted by Gasteiger charge is 2.33. The highest BCUT2D eigenvalue weighted by molar-refractivity contribution is 6.31. The number of hydrogen-bond acceptors (Lipinski definition) is 3. The Labute approximate surface area is 198 Å². The van der Waals surface area contributed by atoms with E-state index in [2.05, 4.69) is 0 Å². The zero-order valence-electron chi connectivity index (χ0n) is 19.0. The first-order chi connectivity index (χ1) is 15.6. The molecule has 1 aliphatic heterocycles. The molecule has 33 heavy (non-hydrogen) atoms. The van der Waals surface area contributed by atoms with Crippen molar-refractivity contribution in [1.82, 2.24) is 4.90 Å². The predicted octanol–water partition coefficient (Wildman–Crippen LogP) is 5.69. The molecule has 2 aromatic carbocycles. The minimum Gasteiger partial charge on any atom is -0.368 e. The molecular weight excluding hydrogens is 451 g/mol. The van der Waals surface area contributed by atoms with E-state index < -0.39 is 17.8 Å². The van der Waals surface area contributed by atoms with E-state index in [1.54, 1.807) is 0 Å². The molecular formula is C25H31ClF3N3O. The molecule has 0 aromatic heterocycles. The number of rotatable bonds is 7. The molecule has 0 radical (unpaired) electrons. The predicted molar refractivity (Wildman–Crippen MR) is 126 cm³/mol. The zero-order chi connectivity index (χ0) is 24.2. The zero-order valence-corrected chi connectivity index (χ0v) is 19.8. The highest BCUT2D eigenvalue weighted by Crippen LogP contribution is 2.36. The van der Waals surface area contributed by atoms with Gasteiger partial charge in [-0.2, -0.15) is 13.2 Å². The third kappa shape index (κ3) is 6.64. The molecule has 1 saturated heterocycles. The summed E-state index contributed by atoms with van der Waals surface area (Å²) in [6.45, 7) is 6.12. The summed E-state index contributed by atoms with van der Waals surface area (Å²) in [4.78, 5) is 16.5. The summed E-state index contributed by atoms with van der Waals surface area (Å²) >= 11 is 6.18. The number of benzene rings is 2. The van der Waals surface area contributed by atoms with Gasteiger partial charge < -0.3 is 15.5 Å². The number of aryl methyl sites for hydroxylation is 1. The molecule has 0 spiro atoms. The molecule has 2 aromatic rings. The molecule has 0 unspecified atom stereocenters. The normalized spacial score (nSPS) is 15.8. The highest BCUT2D eigenvalue weighted by atomic mass is 35.5. The van der Waals surface area contributed by atoms with Gasteiger partial charge in [0.1, 0.15) is 0 Å². The molecule has 0 aliphatic carbocycles. The van der Waals surface area contributed by atoms with Crippen LogP contribution in [-0.4, -0.2) is 37.0 Å². The number of anilines is 1. The van der Waals surface area contributed by atoms with E-state index >= 15 is 0 Å². The molecule has 0 saturated carbocycles. The number of amides is 1. The van der Waals surface area contributed by atoms with E-state index in [-0.39, 0.29) is 11.8 Å². The minimum atomic E-state index is -4.42. The summed E-state index contributed by atoms with van der Waals surface area (Å²) in [5.74, 6) is 0.314. The first-order valence-electron chi connectivity index (χ1n) is 11.3. The summed E-state index contributed by atoms with van der Waals surface area (Å²) in [6, 6.07) is 10.8. The number of nitrogens with two attached hydrogens (primary N) is 1. The second-order valence-corrected chi connectivity index (χ2v) is 9.37. The lowest BCUT2D eigenvalue weighted by atomic mass is 9.94. The van der Waals surface area contributed by atoms with Gasteiger partial charge in [0.2, 0.25) is 5.91 Å². The summed E-state index contributed by atoms with van der Waals surface area (Å²) in [7, 11) is 0. The van der Waals surface area contributed by atoms with Gasteiger partial charge in [0.05, 0.1) is 5.56 Å². The van der Waals surface area contributed by atoms with Crippen molar-refractivity contribution in [2.24, 2.45) is 11.7 Å². The second-order valence-electron chi connectivity index (χ2n) is 8.97. The number of carbonyl (C=O) groups is 1. The van der Waals surface area contributed by atoms with E-state index in [0.29, 0.717) is 56.0 Å². The van der Waals surface area contributed by atoms with Gasteiger partial charge in [-0.3, -0.25) is 4.79 Å². The van der Waals surface area contributed by atoms with E-state index in [1.165, 1.54) is 12.1 Å². The van der Waals surface area contributed by atoms with Crippen molar-refractivity contribution in [3.63, 3.8) is 0 Å². The van der Waals surface area contributed by atoms with Crippen molar-refractivity contribution < 1.29 is 18.0 Å². The Morgan fingerprint density at radius 3 is 2.36 bits per heavy atom. The number of nitrogens with zero attached hydrogens (tertiary/aromatic N) is 2. The molecule has 1 fully saturated rings. The lowest BCUT2D eigenvalue weighted by molar-refractivity contribution is -0.137. The Kier molecular flexibility index (Phi) is 8.29. The largest absolute Gasteiger partial charge is 0.416 e. The molecule has 2 N–H and O–H groups in total. The van der Waals surface area contributed by atoms with Crippen LogP contribution >= 0.6 is 11.6 Å². The quantitative estimate of drug-likeness (QED) is 0.553. The van der Waals surface area contributed by atoms with Crippen molar-refractivity contribution >= 4 is 23.2 Å². The van der Waals surface area contributed by atoms with Crippen LogP contribution in [0, 0.1) is 5.92 Å². The Balaban J connectivity index is 1.67. The van der Waals surface area contributed by atoms with Crippen molar-refractivity contribution in [1.29, 1.82) is 0 Å². The standard InChI is InChI=1S/C25H31ClF3N3O/c1-17(2)15-22(30)20-16-19(25(27,28)29)8-9-23(20)31-11-13-32(14-12-31)24(33)10-7-18-5-3-4-6-21(18)26/h3-6,8-9,16-17,22H,7,10-15,30H2,1-2H3/t22-/m0/s1. The summed E-state index contributed by atoms with van der Waals surface area (Å²) in [5, 5.41) is 0.655. The Morgan fingerprint density at radius 2 is 1.76 bits per heavy atom. The molecule has 1 aliphatic rings. The van der Waals surface area contributed by atoms with Gasteiger partial charge in [0.25, 0.3) is 0 Å². The van der Waals surface area contributed by atoms with Crippen molar-refractivity contribution in [2.45, 2.75) is 45.3 Å². The molecule has 1 heterocycles. The van der Waals surface area contributed by atoms with Crippen LogP contribution < -0.4 is 10.6 Å². The monoisotopic (exact) mass is 481 g/mol.